The topological polar surface area (TPSA) is 43.3 Å². The number of nitrogens with zero attached hydrogens (tertiary/aromatic N) is 2. The molecule has 5 heteroatoms. The van der Waals surface area contributed by atoms with Gasteiger partial charge >= 0.3 is 0 Å². The average Bonchev–Trinajstić information content (AvgIpc) is 2.43. The number of hydrogen-bond acceptors (Lipinski definition) is 2. The quantitative estimate of drug-likeness (QED) is 0.793. The Bertz CT molecular complexity index is 450. The SMILES string of the molecule is NCc1nc(Cl)c2cc(Cl)ccn12. The third-order valence-corrected chi connectivity index (χ3v) is 2.33. The Balaban J connectivity index is 2.80. The first-order chi connectivity index (χ1) is 6.22. The molecule has 2 aromatic heterocycles. The second-order valence-electron chi connectivity index (χ2n) is 2.62. The number of rotatable bonds is 1. The number of pyridine rings is 1. The van der Waals surface area contributed by atoms with Crippen molar-refractivity contribution in [2.24, 2.45) is 5.73 Å². The van der Waals surface area contributed by atoms with E-state index in [1.807, 2.05) is 4.40 Å². The third kappa shape index (κ3) is 1.39. The van der Waals surface area contributed by atoms with Gasteiger partial charge < -0.3 is 10.1 Å². The predicted molar refractivity (Wildman–Crippen MR) is 53.1 cm³/mol. The largest absolute Gasteiger partial charge is 0.324 e. The predicted octanol–water partition coefficient (Wildman–Crippen LogP) is 2.10. The maximum Gasteiger partial charge on any atom is 0.155 e. The van der Waals surface area contributed by atoms with Crippen LogP contribution < -0.4 is 5.73 Å². The van der Waals surface area contributed by atoms with E-state index in [-0.39, 0.29) is 0 Å². The van der Waals surface area contributed by atoms with Crippen LogP contribution in [-0.4, -0.2) is 9.38 Å². The Kier molecular flexibility index (Phi) is 2.15. The lowest BCUT2D eigenvalue weighted by molar-refractivity contribution is 0.903. The summed E-state index contributed by atoms with van der Waals surface area (Å²) in [6.07, 6.45) is 1.80. The highest BCUT2D eigenvalue weighted by Crippen LogP contribution is 2.21. The van der Waals surface area contributed by atoms with Crippen molar-refractivity contribution in [1.29, 1.82) is 0 Å². The van der Waals surface area contributed by atoms with Gasteiger partial charge in [-0.3, -0.25) is 0 Å². The van der Waals surface area contributed by atoms with E-state index in [9.17, 15) is 0 Å². The van der Waals surface area contributed by atoms with Crippen molar-refractivity contribution in [3.63, 3.8) is 0 Å². The van der Waals surface area contributed by atoms with Crippen molar-refractivity contribution in [1.82, 2.24) is 9.38 Å². The Labute approximate surface area is 85.1 Å². The van der Waals surface area contributed by atoms with Gasteiger partial charge in [0, 0.05) is 11.2 Å². The summed E-state index contributed by atoms with van der Waals surface area (Å²) in [5.74, 6) is 0.733. The van der Waals surface area contributed by atoms with Crippen molar-refractivity contribution < 1.29 is 0 Å². The van der Waals surface area contributed by atoms with E-state index < -0.39 is 0 Å². The van der Waals surface area contributed by atoms with Crippen LogP contribution in [0.2, 0.25) is 10.2 Å². The first kappa shape index (κ1) is 8.81. The summed E-state index contributed by atoms with van der Waals surface area (Å²) < 4.78 is 1.83. The molecule has 0 bridgehead atoms. The van der Waals surface area contributed by atoms with E-state index in [0.717, 1.165) is 11.3 Å². The van der Waals surface area contributed by atoms with Gasteiger partial charge in [0.05, 0.1) is 12.1 Å². The van der Waals surface area contributed by atoms with Crippen LogP contribution in [-0.2, 0) is 6.54 Å². The lowest BCUT2D eigenvalue weighted by Gasteiger charge is -1.97. The fourth-order valence-corrected chi connectivity index (χ4v) is 1.63. The van der Waals surface area contributed by atoms with Crippen LogP contribution in [0.3, 0.4) is 0 Å². The third-order valence-electron chi connectivity index (χ3n) is 1.82. The van der Waals surface area contributed by atoms with Crippen LogP contribution >= 0.6 is 23.2 Å². The minimum Gasteiger partial charge on any atom is -0.324 e. The Morgan fingerprint density at radius 1 is 1.46 bits per heavy atom. The van der Waals surface area contributed by atoms with Crippen LogP contribution in [0.5, 0.6) is 0 Å². The molecule has 2 rings (SSSR count). The number of aromatic nitrogens is 2. The van der Waals surface area contributed by atoms with E-state index in [4.69, 9.17) is 28.9 Å². The molecule has 0 atom stereocenters. The highest BCUT2D eigenvalue weighted by atomic mass is 35.5. The monoisotopic (exact) mass is 215 g/mol. The molecule has 3 nitrogen and oxygen atoms in total. The molecule has 0 saturated heterocycles. The van der Waals surface area contributed by atoms with Crippen LogP contribution in [0.1, 0.15) is 5.82 Å². The molecule has 68 valence electrons. The first-order valence-electron chi connectivity index (χ1n) is 3.74. The van der Waals surface area contributed by atoms with Gasteiger partial charge in [-0.1, -0.05) is 23.2 Å². The zero-order valence-electron chi connectivity index (χ0n) is 6.67. The number of imidazole rings is 1. The van der Waals surface area contributed by atoms with Gasteiger partial charge in [0.25, 0.3) is 0 Å². The van der Waals surface area contributed by atoms with Crippen LogP contribution in [0.4, 0.5) is 0 Å². The molecule has 0 aromatic carbocycles. The molecule has 0 radical (unpaired) electrons. The number of fused-ring (bicyclic) bond motifs is 1. The summed E-state index contributed by atoms with van der Waals surface area (Å²) in [7, 11) is 0. The highest BCUT2D eigenvalue weighted by Gasteiger charge is 2.07. The van der Waals surface area contributed by atoms with E-state index in [2.05, 4.69) is 4.98 Å². The first-order valence-corrected chi connectivity index (χ1v) is 4.50. The lowest BCUT2D eigenvalue weighted by atomic mass is 10.4. The van der Waals surface area contributed by atoms with Crippen molar-refractivity contribution in [3.05, 3.63) is 34.3 Å². The van der Waals surface area contributed by atoms with E-state index >= 15 is 0 Å². The lowest BCUT2D eigenvalue weighted by Crippen LogP contribution is -2.01. The fourth-order valence-electron chi connectivity index (χ4n) is 1.23. The summed E-state index contributed by atoms with van der Waals surface area (Å²) in [4.78, 5) is 4.09. The van der Waals surface area contributed by atoms with Crippen molar-refractivity contribution >= 4 is 28.7 Å². The summed E-state index contributed by atoms with van der Waals surface area (Å²) in [5.41, 5.74) is 6.28. The van der Waals surface area contributed by atoms with E-state index in [1.54, 1.807) is 18.3 Å². The molecular formula is C8H7Cl2N3. The van der Waals surface area contributed by atoms with Crippen LogP contribution in [0.25, 0.3) is 5.52 Å². The summed E-state index contributed by atoms with van der Waals surface area (Å²) in [5, 5.41) is 1.07. The average molecular weight is 216 g/mol. The number of nitrogens with two attached hydrogens (primary N) is 1. The second-order valence-corrected chi connectivity index (χ2v) is 3.42. The van der Waals surface area contributed by atoms with Gasteiger partial charge in [-0.05, 0) is 12.1 Å². The van der Waals surface area contributed by atoms with E-state index in [0.29, 0.717) is 16.7 Å². The fraction of sp³-hybridized carbons (Fsp3) is 0.125. The smallest absolute Gasteiger partial charge is 0.155 e. The molecule has 0 aliphatic rings. The van der Waals surface area contributed by atoms with Gasteiger partial charge in [0.15, 0.2) is 5.15 Å². The number of halogens is 2. The highest BCUT2D eigenvalue weighted by molar-refractivity contribution is 6.34. The van der Waals surface area contributed by atoms with Gasteiger partial charge in [-0.25, -0.2) is 4.98 Å². The molecular weight excluding hydrogens is 209 g/mol. The Morgan fingerprint density at radius 2 is 2.23 bits per heavy atom. The standard InChI is InChI=1S/C8H7Cl2N3/c9-5-1-2-13-6(3-5)8(10)12-7(13)4-11/h1-3H,4,11H2. The normalized spacial score (nSPS) is 11.0. The second kappa shape index (κ2) is 3.18. The minimum absolute atomic E-state index is 0.357. The zero-order valence-corrected chi connectivity index (χ0v) is 8.18. The molecule has 2 N–H and O–H groups in total. The maximum absolute atomic E-state index is 5.88. The summed E-state index contributed by atoms with van der Waals surface area (Å²) >= 11 is 11.7. The minimum atomic E-state index is 0.357. The van der Waals surface area contributed by atoms with E-state index in [1.165, 1.54) is 0 Å². The summed E-state index contributed by atoms with van der Waals surface area (Å²) in [6, 6.07) is 3.53. The van der Waals surface area contributed by atoms with Gasteiger partial charge in [-0.2, -0.15) is 0 Å². The zero-order chi connectivity index (χ0) is 9.42. The van der Waals surface area contributed by atoms with Crippen LogP contribution in [0, 0.1) is 0 Å². The summed E-state index contributed by atoms with van der Waals surface area (Å²) in [6.45, 7) is 0.357. The van der Waals surface area contributed by atoms with Gasteiger partial charge in [0.2, 0.25) is 0 Å². The molecule has 0 saturated carbocycles. The van der Waals surface area contributed by atoms with Crippen molar-refractivity contribution in [3.8, 4) is 0 Å². The Hall–Kier alpha value is -0.770. The van der Waals surface area contributed by atoms with Crippen molar-refractivity contribution in [2.75, 3.05) is 0 Å². The molecule has 0 amide bonds. The molecule has 2 heterocycles. The molecule has 13 heavy (non-hydrogen) atoms. The Morgan fingerprint density at radius 3 is 2.92 bits per heavy atom. The van der Waals surface area contributed by atoms with Crippen LogP contribution in [0.15, 0.2) is 18.3 Å². The molecule has 2 aromatic rings. The molecule has 0 unspecified atom stereocenters. The molecule has 0 aliphatic carbocycles. The molecule has 0 spiro atoms. The van der Waals surface area contributed by atoms with Gasteiger partial charge in [0.1, 0.15) is 5.82 Å². The van der Waals surface area contributed by atoms with Crippen molar-refractivity contribution in [2.45, 2.75) is 6.54 Å². The molecule has 0 fully saturated rings. The maximum atomic E-state index is 5.88. The molecule has 0 aliphatic heterocycles. The van der Waals surface area contributed by atoms with Gasteiger partial charge in [-0.15, -0.1) is 0 Å². The number of hydrogen-bond donors (Lipinski definition) is 1.